The molecule has 3 aliphatic rings. The Bertz CT molecular complexity index is 2630. The van der Waals surface area contributed by atoms with Crippen LogP contribution in [0.2, 0.25) is 0 Å². The number of hydrogen-bond acceptors (Lipinski definition) is 8. The average molecular weight is 823 g/mol. The molecule has 0 aliphatic carbocycles. The van der Waals surface area contributed by atoms with E-state index in [1.54, 1.807) is 54.6 Å². The van der Waals surface area contributed by atoms with Gasteiger partial charge in [0, 0.05) is 24.3 Å². The van der Waals surface area contributed by atoms with Gasteiger partial charge in [-0.15, -0.1) is 0 Å². The molecule has 3 heterocycles. The Morgan fingerprint density at radius 3 is 2.11 bits per heavy atom. The highest BCUT2D eigenvalue weighted by Crippen LogP contribution is 2.64. The number of esters is 1. The van der Waals surface area contributed by atoms with Crippen molar-refractivity contribution in [3.63, 3.8) is 0 Å². The molecule has 2 amide bonds. The lowest BCUT2D eigenvalue weighted by Gasteiger charge is -2.46. The number of phenols is 1. The zero-order valence-electron chi connectivity index (χ0n) is 34.1. The van der Waals surface area contributed by atoms with E-state index in [4.69, 9.17) is 4.74 Å². The zero-order chi connectivity index (χ0) is 42.8. The first-order valence-electron chi connectivity index (χ1n) is 20.8. The number of nitrogens with one attached hydrogen (secondary N) is 2. The molecule has 10 heteroatoms. The van der Waals surface area contributed by atoms with E-state index in [0.29, 0.717) is 41.0 Å². The molecule has 0 bridgehead atoms. The molecule has 62 heavy (non-hydrogen) atoms. The van der Waals surface area contributed by atoms with Crippen LogP contribution in [-0.2, 0) is 31.1 Å². The van der Waals surface area contributed by atoms with E-state index in [0.717, 1.165) is 11.1 Å². The monoisotopic (exact) mass is 822 g/mol. The summed E-state index contributed by atoms with van der Waals surface area (Å²) >= 11 is 0. The van der Waals surface area contributed by atoms with Crippen LogP contribution in [0.25, 0.3) is 0 Å². The number of aliphatic hydroxyl groups excluding tert-OH is 1. The van der Waals surface area contributed by atoms with Crippen LogP contribution in [-0.4, -0.2) is 64.0 Å². The van der Waals surface area contributed by atoms with Gasteiger partial charge in [0.05, 0.1) is 30.7 Å². The standard InChI is InChI=1S/C52H46N4O6/c1-55(33-35-15-6-2-7-16-35)30-14-17-34-24-29-42-41(31-34)52(51(61)54-42)44(49(59)53-32-43(58)36-18-8-3-9-19-36)46-50(60)62-47(38-22-12-5-13-23-38)45(37-20-10-4-11-21-37)56(46)48(52)39-25-27-40(57)28-26-39/h2-13,15-16,18-29,31,43-48,57-58H,30,32-33H2,1H3,(H,53,59)(H,54,61)/t43-,44+,45+,46+,47-,48-,52+/m0/s1. The molecule has 2 saturated heterocycles. The van der Waals surface area contributed by atoms with Crippen molar-refractivity contribution in [3.05, 3.63) is 203 Å². The van der Waals surface area contributed by atoms with Crippen LogP contribution < -0.4 is 10.6 Å². The molecule has 1 spiro atoms. The van der Waals surface area contributed by atoms with Crippen LogP contribution in [0.3, 0.4) is 0 Å². The predicted octanol–water partition coefficient (Wildman–Crippen LogP) is 7.00. The highest BCUT2D eigenvalue weighted by molar-refractivity contribution is 6.12. The summed E-state index contributed by atoms with van der Waals surface area (Å²) in [5.74, 6) is 3.54. The Hall–Kier alpha value is -7.03. The average Bonchev–Trinajstić information content (AvgIpc) is 3.78. The maximum Gasteiger partial charge on any atom is 0.324 e. The van der Waals surface area contributed by atoms with Gasteiger partial charge < -0.3 is 25.6 Å². The molecule has 4 N–H and O–H groups in total. The predicted molar refractivity (Wildman–Crippen MR) is 235 cm³/mol. The van der Waals surface area contributed by atoms with Gasteiger partial charge in [0.1, 0.15) is 23.3 Å². The number of carbonyl (C=O) groups excluding carboxylic acids is 3. The molecular weight excluding hydrogens is 777 g/mol. The molecule has 0 radical (unpaired) electrons. The first kappa shape index (κ1) is 40.4. The largest absolute Gasteiger partial charge is 0.508 e. The number of aromatic hydroxyl groups is 1. The van der Waals surface area contributed by atoms with E-state index in [9.17, 15) is 10.2 Å². The number of amides is 2. The SMILES string of the molecule is CN(CC#Cc1ccc2c(c1)[C@]1(C(=O)N2)[C@H](c2ccc(O)cc2)N2[C@H](c3ccccc3)[C@H](c3ccccc3)OC(=O)[C@H]2[C@@H]1C(=O)NC[C@H](O)c1ccccc1)Cc1ccccc1. The quantitative estimate of drug-likeness (QED) is 0.0860. The van der Waals surface area contributed by atoms with Crippen LogP contribution in [0.15, 0.2) is 164 Å². The van der Waals surface area contributed by atoms with Crippen molar-refractivity contribution >= 4 is 23.5 Å². The van der Waals surface area contributed by atoms with Gasteiger partial charge in [0.25, 0.3) is 0 Å². The lowest BCUT2D eigenvalue weighted by atomic mass is 9.65. The third kappa shape index (κ3) is 7.41. The second kappa shape index (κ2) is 17.1. The lowest BCUT2D eigenvalue weighted by Crippen LogP contribution is -2.55. The van der Waals surface area contributed by atoms with E-state index in [-0.39, 0.29) is 12.3 Å². The van der Waals surface area contributed by atoms with Crippen molar-refractivity contribution in [2.24, 2.45) is 5.92 Å². The number of aliphatic hydroxyl groups is 1. The Balaban J connectivity index is 1.22. The Labute approximate surface area is 360 Å². The highest BCUT2D eigenvalue weighted by Gasteiger charge is 2.74. The van der Waals surface area contributed by atoms with Crippen molar-refractivity contribution in [3.8, 4) is 17.6 Å². The third-order valence-electron chi connectivity index (χ3n) is 12.3. The summed E-state index contributed by atoms with van der Waals surface area (Å²) in [5, 5.41) is 27.9. The number of benzene rings is 6. The minimum absolute atomic E-state index is 0.0208. The molecule has 0 aromatic heterocycles. The molecule has 3 aliphatic heterocycles. The summed E-state index contributed by atoms with van der Waals surface area (Å²) in [6.07, 6.45) is -1.89. The zero-order valence-corrected chi connectivity index (χ0v) is 34.1. The summed E-state index contributed by atoms with van der Waals surface area (Å²) in [5.41, 5.74) is 3.84. The van der Waals surface area contributed by atoms with Gasteiger partial charge in [-0.1, -0.05) is 145 Å². The van der Waals surface area contributed by atoms with Crippen molar-refractivity contribution in [1.82, 2.24) is 15.1 Å². The van der Waals surface area contributed by atoms with E-state index < -0.39 is 59.5 Å². The molecule has 0 unspecified atom stereocenters. The number of cyclic esters (lactones) is 1. The number of rotatable bonds is 10. The maximum absolute atomic E-state index is 15.4. The Morgan fingerprint density at radius 2 is 1.44 bits per heavy atom. The van der Waals surface area contributed by atoms with Crippen LogP contribution in [0, 0.1) is 17.8 Å². The van der Waals surface area contributed by atoms with E-state index in [1.807, 2.05) is 109 Å². The van der Waals surface area contributed by atoms with Crippen molar-refractivity contribution in [1.29, 1.82) is 0 Å². The molecule has 6 aromatic rings. The topological polar surface area (TPSA) is 131 Å². The van der Waals surface area contributed by atoms with Gasteiger partial charge in [-0.05, 0) is 70.8 Å². The number of ether oxygens (including phenoxy) is 1. The van der Waals surface area contributed by atoms with Crippen LogP contribution in [0.5, 0.6) is 5.75 Å². The second-order valence-corrected chi connectivity index (χ2v) is 16.2. The summed E-state index contributed by atoms with van der Waals surface area (Å²) in [6.45, 7) is 1.01. The number of carbonyl (C=O) groups is 3. The normalized spacial score (nSPS) is 23.1. The molecule has 2 fully saturated rings. The first-order chi connectivity index (χ1) is 30.2. The lowest BCUT2D eigenvalue weighted by molar-refractivity contribution is -0.178. The van der Waals surface area contributed by atoms with Gasteiger partial charge in [-0.2, -0.15) is 0 Å². The van der Waals surface area contributed by atoms with Crippen molar-refractivity contribution in [2.45, 2.75) is 42.3 Å². The highest BCUT2D eigenvalue weighted by atomic mass is 16.6. The number of phenolic OH excluding ortho intramolecular Hbond substituents is 1. The molecule has 10 nitrogen and oxygen atoms in total. The number of fused-ring (bicyclic) bond motifs is 3. The number of morpholine rings is 1. The fraction of sp³-hybridized carbons (Fsp3) is 0.212. The Kier molecular flexibility index (Phi) is 11.2. The molecule has 310 valence electrons. The van der Waals surface area contributed by atoms with Gasteiger partial charge in [0.15, 0.2) is 0 Å². The van der Waals surface area contributed by atoms with Crippen molar-refractivity contribution in [2.75, 3.05) is 25.5 Å². The fourth-order valence-electron chi connectivity index (χ4n) is 9.66. The van der Waals surface area contributed by atoms with Crippen LogP contribution >= 0.6 is 0 Å². The molecule has 9 rings (SSSR count). The number of hydrogen-bond donors (Lipinski definition) is 4. The Morgan fingerprint density at radius 1 is 0.806 bits per heavy atom. The van der Waals surface area contributed by atoms with Gasteiger partial charge in [-0.25, -0.2) is 0 Å². The fourth-order valence-corrected chi connectivity index (χ4v) is 9.66. The summed E-state index contributed by atoms with van der Waals surface area (Å²) in [7, 11) is 2.00. The number of anilines is 1. The van der Waals surface area contributed by atoms with E-state index in [2.05, 4.69) is 39.5 Å². The minimum Gasteiger partial charge on any atom is -0.508 e. The summed E-state index contributed by atoms with van der Waals surface area (Å²) < 4.78 is 6.49. The maximum atomic E-state index is 15.4. The van der Waals surface area contributed by atoms with E-state index >= 15 is 14.4 Å². The second-order valence-electron chi connectivity index (χ2n) is 16.2. The molecular formula is C52H46N4O6. The summed E-state index contributed by atoms with van der Waals surface area (Å²) in [6, 6.07) is 47.5. The van der Waals surface area contributed by atoms with E-state index in [1.165, 1.54) is 5.56 Å². The smallest absolute Gasteiger partial charge is 0.324 e. The van der Waals surface area contributed by atoms with Gasteiger partial charge in [-0.3, -0.25) is 24.2 Å². The first-order valence-corrected chi connectivity index (χ1v) is 20.8. The van der Waals surface area contributed by atoms with Crippen LogP contribution in [0.1, 0.15) is 63.2 Å². The number of nitrogens with zero attached hydrogens (tertiary/aromatic N) is 2. The summed E-state index contributed by atoms with van der Waals surface area (Å²) in [4.78, 5) is 49.8. The van der Waals surface area contributed by atoms with Gasteiger partial charge in [0.2, 0.25) is 11.8 Å². The van der Waals surface area contributed by atoms with Crippen LogP contribution in [0.4, 0.5) is 5.69 Å². The third-order valence-corrected chi connectivity index (χ3v) is 12.3. The molecule has 0 saturated carbocycles. The molecule has 7 atom stereocenters. The molecule has 6 aromatic carbocycles. The van der Waals surface area contributed by atoms with Gasteiger partial charge >= 0.3 is 5.97 Å². The minimum atomic E-state index is -1.74. The van der Waals surface area contributed by atoms with Crippen molar-refractivity contribution < 1.29 is 29.3 Å².